The molecule has 1 saturated carbocycles. The van der Waals surface area contributed by atoms with Crippen molar-refractivity contribution in [2.75, 3.05) is 49.8 Å². The third-order valence-electron chi connectivity index (χ3n) is 5.04. The molecule has 0 radical (unpaired) electrons. The van der Waals surface area contributed by atoms with Gasteiger partial charge in [0.1, 0.15) is 5.82 Å². The van der Waals surface area contributed by atoms with Crippen LogP contribution in [0.1, 0.15) is 32.4 Å². The number of nitrogens with one attached hydrogen (secondary N) is 1. The van der Waals surface area contributed by atoms with Crippen LogP contribution in [0.2, 0.25) is 0 Å². The number of benzene rings is 1. The quantitative estimate of drug-likeness (QED) is 0.822. The number of thioether (sulfide) groups is 1. The van der Waals surface area contributed by atoms with Crippen LogP contribution in [-0.2, 0) is 9.48 Å². The molecule has 1 saturated heterocycles. The molecule has 1 aliphatic carbocycles. The number of aromatic nitrogens is 2. The lowest BCUT2D eigenvalue weighted by molar-refractivity contribution is 0.122. The summed E-state index contributed by atoms with van der Waals surface area (Å²) in [4.78, 5) is 12.2. The molecule has 1 aliphatic heterocycles. The van der Waals surface area contributed by atoms with Gasteiger partial charge in [0.2, 0.25) is 0 Å². The van der Waals surface area contributed by atoms with Crippen molar-refractivity contribution in [3.05, 3.63) is 36.0 Å². The molecule has 1 N–H and O–H groups in total. The average Bonchev–Trinajstić information content (AvgIpc) is 3.57. The summed E-state index contributed by atoms with van der Waals surface area (Å²) in [5.74, 6) is 1.85. The van der Waals surface area contributed by atoms with Crippen LogP contribution in [0.4, 0.5) is 11.5 Å². The van der Waals surface area contributed by atoms with Crippen LogP contribution in [0, 0.1) is 0 Å². The van der Waals surface area contributed by atoms with E-state index in [0.29, 0.717) is 0 Å². The van der Waals surface area contributed by atoms with E-state index in [1.807, 2.05) is 32.7 Å². The Morgan fingerprint density at radius 1 is 1.07 bits per heavy atom. The average molecular weight is 387 g/mol. The van der Waals surface area contributed by atoms with E-state index in [-0.39, 0.29) is 4.75 Å². The Balaban J connectivity index is 0.00000102. The maximum Gasteiger partial charge on any atom is 0.161 e. The summed E-state index contributed by atoms with van der Waals surface area (Å²) in [7, 11) is 1.93. The van der Waals surface area contributed by atoms with Crippen LogP contribution in [0.15, 0.2) is 30.3 Å². The minimum absolute atomic E-state index is 0.184. The Bertz CT molecular complexity index is 740. The van der Waals surface area contributed by atoms with E-state index in [0.717, 1.165) is 49.2 Å². The lowest BCUT2D eigenvalue weighted by Gasteiger charge is -2.29. The van der Waals surface area contributed by atoms with Crippen molar-refractivity contribution >= 4 is 23.3 Å². The molecule has 2 heterocycles. The van der Waals surface area contributed by atoms with E-state index < -0.39 is 0 Å². The van der Waals surface area contributed by atoms with Gasteiger partial charge in [0.15, 0.2) is 5.82 Å². The SMILES string of the molecule is CC.CNc1ccc(-c2nc(N3CCOCC3)cc(C3(SC)CC3)n2)cc1. The fraction of sp³-hybridized carbons (Fsp3) is 0.524. The van der Waals surface area contributed by atoms with Gasteiger partial charge in [-0.2, -0.15) is 11.8 Å². The Morgan fingerprint density at radius 2 is 1.74 bits per heavy atom. The van der Waals surface area contributed by atoms with Crippen LogP contribution in [0.5, 0.6) is 0 Å². The molecule has 1 aromatic carbocycles. The van der Waals surface area contributed by atoms with E-state index in [4.69, 9.17) is 14.7 Å². The van der Waals surface area contributed by atoms with Gasteiger partial charge in [0.25, 0.3) is 0 Å². The van der Waals surface area contributed by atoms with E-state index in [2.05, 4.69) is 46.8 Å². The summed E-state index contributed by atoms with van der Waals surface area (Å²) in [6.07, 6.45) is 4.59. The van der Waals surface area contributed by atoms with Gasteiger partial charge in [0, 0.05) is 37.5 Å². The molecule has 2 fully saturated rings. The first-order valence-electron chi connectivity index (χ1n) is 9.80. The van der Waals surface area contributed by atoms with Crippen LogP contribution >= 0.6 is 11.8 Å². The van der Waals surface area contributed by atoms with Gasteiger partial charge < -0.3 is 15.0 Å². The van der Waals surface area contributed by atoms with E-state index in [9.17, 15) is 0 Å². The maximum atomic E-state index is 5.50. The minimum atomic E-state index is 0.184. The number of hydrogen-bond donors (Lipinski definition) is 1. The highest BCUT2D eigenvalue weighted by Gasteiger charge is 2.45. The molecule has 6 heteroatoms. The summed E-state index contributed by atoms with van der Waals surface area (Å²) >= 11 is 1.91. The van der Waals surface area contributed by atoms with Crippen molar-refractivity contribution < 1.29 is 4.74 Å². The summed E-state index contributed by atoms with van der Waals surface area (Å²) in [6, 6.07) is 10.5. The minimum Gasteiger partial charge on any atom is -0.388 e. The van der Waals surface area contributed by atoms with Crippen molar-refractivity contribution in [2.45, 2.75) is 31.4 Å². The highest BCUT2D eigenvalue weighted by Crippen LogP contribution is 2.55. The Morgan fingerprint density at radius 3 is 2.30 bits per heavy atom. The molecular weight excluding hydrogens is 356 g/mol. The molecular formula is C21H30N4OS. The molecule has 4 rings (SSSR count). The monoisotopic (exact) mass is 386 g/mol. The zero-order chi connectivity index (χ0) is 19.3. The van der Waals surface area contributed by atoms with Gasteiger partial charge in [-0.1, -0.05) is 13.8 Å². The largest absolute Gasteiger partial charge is 0.388 e. The van der Waals surface area contributed by atoms with Gasteiger partial charge in [0.05, 0.1) is 23.7 Å². The van der Waals surface area contributed by atoms with Gasteiger partial charge in [-0.3, -0.25) is 0 Å². The highest BCUT2D eigenvalue weighted by molar-refractivity contribution is 7.99. The third kappa shape index (κ3) is 4.38. The number of anilines is 2. The smallest absolute Gasteiger partial charge is 0.161 e. The number of morpholine rings is 1. The van der Waals surface area contributed by atoms with Crippen LogP contribution < -0.4 is 10.2 Å². The zero-order valence-corrected chi connectivity index (χ0v) is 17.6. The second kappa shape index (κ2) is 8.93. The molecule has 0 atom stereocenters. The van der Waals surface area contributed by atoms with Crippen LogP contribution in [0.25, 0.3) is 11.4 Å². The van der Waals surface area contributed by atoms with Gasteiger partial charge in [-0.05, 0) is 43.4 Å². The molecule has 0 bridgehead atoms. The van der Waals surface area contributed by atoms with Crippen molar-refractivity contribution in [1.82, 2.24) is 9.97 Å². The number of hydrogen-bond acceptors (Lipinski definition) is 6. The second-order valence-corrected chi connectivity index (χ2v) is 7.75. The zero-order valence-electron chi connectivity index (χ0n) is 16.8. The number of nitrogens with zero attached hydrogens (tertiary/aromatic N) is 3. The molecule has 1 aromatic heterocycles. The normalized spacial score (nSPS) is 17.7. The lowest BCUT2D eigenvalue weighted by Crippen LogP contribution is -2.37. The molecule has 2 aliphatic rings. The van der Waals surface area contributed by atoms with Crippen molar-refractivity contribution in [3.8, 4) is 11.4 Å². The summed E-state index contributed by atoms with van der Waals surface area (Å²) in [6.45, 7) is 7.31. The van der Waals surface area contributed by atoms with E-state index in [1.54, 1.807) is 0 Å². The molecule has 5 nitrogen and oxygen atoms in total. The Hall–Kier alpha value is -1.79. The lowest BCUT2D eigenvalue weighted by atomic mass is 10.1. The van der Waals surface area contributed by atoms with Gasteiger partial charge in [-0.15, -0.1) is 0 Å². The van der Waals surface area contributed by atoms with E-state index in [1.165, 1.54) is 18.5 Å². The Kier molecular flexibility index (Phi) is 6.60. The predicted octanol–water partition coefficient (Wildman–Crippen LogP) is 4.40. The van der Waals surface area contributed by atoms with Crippen molar-refractivity contribution in [3.63, 3.8) is 0 Å². The summed E-state index contributed by atoms with van der Waals surface area (Å²) in [5.41, 5.74) is 3.33. The highest BCUT2D eigenvalue weighted by atomic mass is 32.2. The van der Waals surface area contributed by atoms with Crippen molar-refractivity contribution in [2.24, 2.45) is 0 Å². The van der Waals surface area contributed by atoms with Gasteiger partial charge >= 0.3 is 0 Å². The number of rotatable bonds is 5. The Labute approximate surface area is 166 Å². The molecule has 0 unspecified atom stereocenters. The molecule has 0 amide bonds. The second-order valence-electron chi connectivity index (χ2n) is 6.56. The first-order valence-corrected chi connectivity index (χ1v) is 11.0. The molecule has 0 spiro atoms. The fourth-order valence-electron chi connectivity index (χ4n) is 3.22. The summed E-state index contributed by atoms with van der Waals surface area (Å²) < 4.78 is 5.68. The summed E-state index contributed by atoms with van der Waals surface area (Å²) in [5, 5.41) is 3.16. The first kappa shape index (κ1) is 20.0. The first-order chi connectivity index (χ1) is 13.2. The van der Waals surface area contributed by atoms with Crippen LogP contribution in [0.3, 0.4) is 0 Å². The van der Waals surface area contributed by atoms with E-state index >= 15 is 0 Å². The van der Waals surface area contributed by atoms with Crippen molar-refractivity contribution in [1.29, 1.82) is 0 Å². The predicted molar refractivity (Wildman–Crippen MR) is 116 cm³/mol. The fourth-order valence-corrected chi connectivity index (χ4v) is 4.04. The number of ether oxygens (including phenoxy) is 1. The maximum absolute atomic E-state index is 5.50. The molecule has 2 aromatic rings. The van der Waals surface area contributed by atoms with Gasteiger partial charge in [-0.25, -0.2) is 9.97 Å². The standard InChI is InChI=1S/C19H24N4OS.C2H6/c1-20-15-5-3-14(4-6-15)18-21-16(19(25-2)7-8-19)13-17(22-18)23-9-11-24-12-10-23;1-2/h3-6,13,20H,7-12H2,1-2H3;1-2H3. The molecule has 27 heavy (non-hydrogen) atoms. The molecule has 146 valence electrons. The van der Waals surface area contributed by atoms with Crippen LogP contribution in [-0.4, -0.2) is 49.6 Å². The topological polar surface area (TPSA) is 50.3 Å². The third-order valence-corrected chi connectivity index (χ3v) is 6.44.